The second kappa shape index (κ2) is 8.87. The van der Waals surface area contributed by atoms with Gasteiger partial charge >= 0.3 is 5.97 Å². The second-order valence-corrected chi connectivity index (χ2v) is 5.52. The van der Waals surface area contributed by atoms with Crippen molar-refractivity contribution in [2.24, 2.45) is 0 Å². The number of unbranched alkanes of at least 4 members (excludes halogenated alkanes) is 2. The van der Waals surface area contributed by atoms with Crippen molar-refractivity contribution in [1.82, 2.24) is 5.32 Å². The Hall–Kier alpha value is -1.15. The monoisotopic (exact) mass is 281 g/mol. The topological polar surface area (TPSA) is 121 Å². The number of nitrogens with one attached hydrogen (secondary N) is 1. The molecule has 106 valence electrons. The van der Waals surface area contributed by atoms with Crippen LogP contribution in [0.2, 0.25) is 0 Å². The number of carboxylic acid groups (broad SMARTS) is 1. The van der Waals surface area contributed by atoms with Crippen LogP contribution in [-0.4, -0.2) is 42.3 Å². The number of aliphatic carboxylic acids is 1. The maximum atomic E-state index is 11.2. The van der Waals surface area contributed by atoms with E-state index in [4.69, 9.17) is 9.66 Å². The predicted molar refractivity (Wildman–Crippen MR) is 64.8 cm³/mol. The Morgan fingerprint density at radius 3 is 2.22 bits per heavy atom. The van der Waals surface area contributed by atoms with Crippen molar-refractivity contribution in [3.63, 3.8) is 0 Å². The summed E-state index contributed by atoms with van der Waals surface area (Å²) in [4.78, 5) is 21.4. The van der Waals surface area contributed by atoms with E-state index in [1.54, 1.807) is 0 Å². The van der Waals surface area contributed by atoms with E-state index in [1.165, 1.54) is 0 Å². The molecule has 0 unspecified atom stereocenters. The van der Waals surface area contributed by atoms with Crippen molar-refractivity contribution in [2.45, 2.75) is 38.5 Å². The number of carbonyl (C=O) groups is 2. The minimum atomic E-state index is -4.00. The highest BCUT2D eigenvalue weighted by molar-refractivity contribution is 7.85. The molecule has 8 heteroatoms. The maximum Gasteiger partial charge on any atom is 0.303 e. The zero-order valence-corrected chi connectivity index (χ0v) is 10.9. The fraction of sp³-hybridized carbons (Fsp3) is 0.800. The van der Waals surface area contributed by atoms with Gasteiger partial charge < -0.3 is 10.4 Å². The summed E-state index contributed by atoms with van der Waals surface area (Å²) in [7, 11) is -4.00. The third-order valence-corrected chi connectivity index (χ3v) is 3.00. The van der Waals surface area contributed by atoms with E-state index in [0.29, 0.717) is 19.4 Å². The molecule has 0 radical (unpaired) electrons. The Labute approximate surface area is 106 Å². The fourth-order valence-electron chi connectivity index (χ4n) is 1.31. The first-order valence-corrected chi connectivity index (χ1v) is 7.36. The largest absolute Gasteiger partial charge is 0.481 e. The summed E-state index contributed by atoms with van der Waals surface area (Å²) < 4.78 is 29.2. The van der Waals surface area contributed by atoms with E-state index in [1.807, 2.05) is 0 Å². The van der Waals surface area contributed by atoms with Gasteiger partial charge in [0.2, 0.25) is 5.91 Å². The van der Waals surface area contributed by atoms with Gasteiger partial charge in [0, 0.05) is 19.4 Å². The third kappa shape index (κ3) is 12.9. The standard InChI is InChI=1S/C10H19NO6S/c12-9(5-4-8-18(15,16)17)11-7-3-1-2-6-10(13)14/h1-8H2,(H,11,12)(H,13,14)(H,15,16,17). The van der Waals surface area contributed by atoms with Crippen molar-refractivity contribution in [1.29, 1.82) is 0 Å². The van der Waals surface area contributed by atoms with Gasteiger partial charge in [-0.05, 0) is 19.3 Å². The van der Waals surface area contributed by atoms with E-state index in [9.17, 15) is 18.0 Å². The molecule has 0 aliphatic rings. The number of rotatable bonds is 10. The lowest BCUT2D eigenvalue weighted by Gasteiger charge is -2.04. The highest BCUT2D eigenvalue weighted by Gasteiger charge is 2.06. The predicted octanol–water partition coefficient (Wildman–Crippen LogP) is 0.416. The SMILES string of the molecule is O=C(O)CCCCCNC(=O)CCCS(=O)(=O)O. The lowest BCUT2D eigenvalue weighted by Crippen LogP contribution is -2.24. The van der Waals surface area contributed by atoms with E-state index >= 15 is 0 Å². The molecule has 0 aliphatic carbocycles. The van der Waals surface area contributed by atoms with Crippen LogP contribution in [0.15, 0.2) is 0 Å². The molecule has 0 aliphatic heterocycles. The highest BCUT2D eigenvalue weighted by atomic mass is 32.2. The van der Waals surface area contributed by atoms with Gasteiger partial charge in [-0.1, -0.05) is 6.42 Å². The number of amides is 1. The molecular formula is C10H19NO6S. The number of hydrogen-bond donors (Lipinski definition) is 3. The van der Waals surface area contributed by atoms with Gasteiger partial charge in [-0.3, -0.25) is 14.1 Å². The smallest absolute Gasteiger partial charge is 0.303 e. The zero-order chi connectivity index (χ0) is 14.0. The van der Waals surface area contributed by atoms with Crippen LogP contribution in [-0.2, 0) is 19.7 Å². The minimum absolute atomic E-state index is 0.0505. The van der Waals surface area contributed by atoms with Gasteiger partial charge in [0.25, 0.3) is 10.1 Å². The van der Waals surface area contributed by atoms with Crippen LogP contribution in [0.25, 0.3) is 0 Å². The zero-order valence-electron chi connectivity index (χ0n) is 10.1. The molecule has 0 aromatic carbocycles. The second-order valence-electron chi connectivity index (χ2n) is 3.94. The number of carboxylic acids is 1. The maximum absolute atomic E-state index is 11.2. The first kappa shape index (κ1) is 16.9. The third-order valence-electron chi connectivity index (χ3n) is 2.20. The van der Waals surface area contributed by atoms with Crippen LogP contribution in [0.1, 0.15) is 38.5 Å². The number of hydrogen-bond acceptors (Lipinski definition) is 4. The molecule has 0 spiro atoms. The fourth-order valence-corrected chi connectivity index (χ4v) is 1.82. The molecular weight excluding hydrogens is 262 g/mol. The summed E-state index contributed by atoms with van der Waals surface area (Å²) >= 11 is 0. The average Bonchev–Trinajstić information content (AvgIpc) is 2.20. The molecule has 7 nitrogen and oxygen atoms in total. The van der Waals surface area contributed by atoms with Crippen LogP contribution in [0.3, 0.4) is 0 Å². The number of carbonyl (C=O) groups excluding carboxylic acids is 1. The molecule has 0 aromatic heterocycles. The summed E-state index contributed by atoms with van der Waals surface area (Å²) in [6.45, 7) is 0.449. The molecule has 0 bridgehead atoms. The molecule has 0 aromatic rings. The Balaban J connectivity index is 3.40. The first-order chi connectivity index (χ1) is 8.31. The molecule has 0 heterocycles. The molecule has 0 rings (SSSR count). The van der Waals surface area contributed by atoms with Gasteiger partial charge in [-0.25, -0.2) is 0 Å². The first-order valence-electron chi connectivity index (χ1n) is 5.75. The quantitative estimate of drug-likeness (QED) is 0.394. The van der Waals surface area contributed by atoms with Crippen molar-refractivity contribution >= 4 is 22.0 Å². The molecule has 0 fully saturated rings. The summed E-state index contributed by atoms with van der Waals surface area (Å²) in [5.74, 6) is -1.51. The van der Waals surface area contributed by atoms with E-state index < -0.39 is 21.8 Å². The molecule has 1 amide bonds. The normalized spacial score (nSPS) is 11.2. The summed E-state index contributed by atoms with van der Waals surface area (Å²) in [6, 6.07) is 0. The van der Waals surface area contributed by atoms with Crippen LogP contribution >= 0.6 is 0 Å². The van der Waals surface area contributed by atoms with E-state index in [0.717, 1.165) is 6.42 Å². The molecule has 3 N–H and O–H groups in total. The van der Waals surface area contributed by atoms with Crippen LogP contribution in [0.5, 0.6) is 0 Å². The molecule has 0 atom stereocenters. The lowest BCUT2D eigenvalue weighted by atomic mass is 10.2. The molecule has 0 saturated heterocycles. The summed E-state index contributed by atoms with van der Waals surface area (Å²) in [5, 5.41) is 11.0. The Morgan fingerprint density at radius 2 is 1.67 bits per heavy atom. The van der Waals surface area contributed by atoms with Crippen molar-refractivity contribution in [3.05, 3.63) is 0 Å². The van der Waals surface area contributed by atoms with E-state index in [-0.39, 0.29) is 25.2 Å². The van der Waals surface area contributed by atoms with Crippen LogP contribution < -0.4 is 5.32 Å². The van der Waals surface area contributed by atoms with Crippen molar-refractivity contribution in [2.75, 3.05) is 12.3 Å². The van der Waals surface area contributed by atoms with Gasteiger partial charge in [0.1, 0.15) is 0 Å². The summed E-state index contributed by atoms with van der Waals surface area (Å²) in [6.07, 6.45) is 2.25. The minimum Gasteiger partial charge on any atom is -0.481 e. The highest BCUT2D eigenvalue weighted by Crippen LogP contribution is 1.99. The Kier molecular flexibility index (Phi) is 8.30. The average molecular weight is 281 g/mol. The van der Waals surface area contributed by atoms with Gasteiger partial charge in [-0.2, -0.15) is 8.42 Å². The summed E-state index contributed by atoms with van der Waals surface area (Å²) in [5.41, 5.74) is 0. The van der Waals surface area contributed by atoms with Crippen molar-refractivity contribution in [3.8, 4) is 0 Å². The Morgan fingerprint density at radius 1 is 1.00 bits per heavy atom. The van der Waals surface area contributed by atoms with Gasteiger partial charge in [0.15, 0.2) is 0 Å². The Bertz CT molecular complexity index is 365. The molecule has 0 saturated carbocycles. The lowest BCUT2D eigenvalue weighted by molar-refractivity contribution is -0.137. The van der Waals surface area contributed by atoms with Crippen molar-refractivity contribution < 1.29 is 27.7 Å². The van der Waals surface area contributed by atoms with Crippen LogP contribution in [0, 0.1) is 0 Å². The van der Waals surface area contributed by atoms with Gasteiger partial charge in [0.05, 0.1) is 5.75 Å². The van der Waals surface area contributed by atoms with Gasteiger partial charge in [-0.15, -0.1) is 0 Å². The molecule has 18 heavy (non-hydrogen) atoms. The van der Waals surface area contributed by atoms with E-state index in [2.05, 4.69) is 5.32 Å². The van der Waals surface area contributed by atoms with Crippen LogP contribution in [0.4, 0.5) is 0 Å².